The molecule has 1 fully saturated rings. The Morgan fingerprint density at radius 2 is 1.83 bits per heavy atom. The Morgan fingerprint density at radius 3 is 2.44 bits per heavy atom. The molecule has 4 aromatic rings. The number of nitriles is 1. The average Bonchev–Trinajstić information content (AvgIpc) is 3.76. The highest BCUT2D eigenvalue weighted by Gasteiger charge is 2.43. The molecule has 1 atom stereocenters. The summed E-state index contributed by atoms with van der Waals surface area (Å²) in [5.41, 5.74) is 0.500. The zero-order valence-electron chi connectivity index (χ0n) is 22.9. The minimum atomic E-state index is -1.27. The van der Waals surface area contributed by atoms with Gasteiger partial charge in [0.2, 0.25) is 5.71 Å². The van der Waals surface area contributed by atoms with Gasteiger partial charge in [0.1, 0.15) is 11.6 Å². The maximum absolute atomic E-state index is 15.0. The standard InChI is InChI=1S/C32H28F3N3O3/c1-4-5-25-21(18-12-22(28(35)24(34)13-18)26(39)15-32(2,16-36)19-8-9-19)14-23-27(30(40)37-3)29(41-31(23)38-25)17-6-10-20(33)11-7-17/h6-7,10-14,19H,4-5,8-9,15H2,1-3H3,(H,37,40). The fourth-order valence-electron chi connectivity index (χ4n) is 5.26. The van der Waals surface area contributed by atoms with E-state index in [9.17, 15) is 28.0 Å². The molecule has 2 heterocycles. The molecule has 1 aliphatic carbocycles. The third kappa shape index (κ3) is 5.22. The van der Waals surface area contributed by atoms with Crippen LogP contribution in [0.2, 0.25) is 0 Å². The van der Waals surface area contributed by atoms with E-state index in [2.05, 4.69) is 16.4 Å². The molecule has 2 aromatic carbocycles. The summed E-state index contributed by atoms with van der Waals surface area (Å²) in [5.74, 6) is -3.82. The van der Waals surface area contributed by atoms with Gasteiger partial charge in [-0.15, -0.1) is 0 Å². The summed E-state index contributed by atoms with van der Waals surface area (Å²) in [6, 6.07) is 11.6. The summed E-state index contributed by atoms with van der Waals surface area (Å²) >= 11 is 0. The molecule has 2 aromatic heterocycles. The number of pyridine rings is 1. The number of aromatic nitrogens is 1. The van der Waals surface area contributed by atoms with Crippen LogP contribution in [-0.4, -0.2) is 23.7 Å². The average molecular weight is 560 g/mol. The molecular formula is C32H28F3N3O3. The zero-order chi connectivity index (χ0) is 29.5. The molecule has 1 saturated carbocycles. The molecule has 1 amide bonds. The van der Waals surface area contributed by atoms with Gasteiger partial charge < -0.3 is 9.73 Å². The van der Waals surface area contributed by atoms with Crippen molar-refractivity contribution in [1.29, 1.82) is 5.26 Å². The number of benzene rings is 2. The Hall–Kier alpha value is -4.45. The van der Waals surface area contributed by atoms with Gasteiger partial charge in [0.05, 0.1) is 33.7 Å². The van der Waals surface area contributed by atoms with Crippen molar-refractivity contribution >= 4 is 22.8 Å². The number of carbonyl (C=O) groups is 2. The number of ketones is 1. The summed E-state index contributed by atoms with van der Waals surface area (Å²) < 4.78 is 49.6. The first-order valence-corrected chi connectivity index (χ1v) is 13.5. The molecule has 0 spiro atoms. The Labute approximate surface area is 235 Å². The van der Waals surface area contributed by atoms with E-state index in [4.69, 9.17) is 4.42 Å². The van der Waals surface area contributed by atoms with Gasteiger partial charge in [-0.2, -0.15) is 5.26 Å². The number of amides is 1. The quantitative estimate of drug-likeness (QED) is 0.216. The number of furan rings is 1. The molecule has 0 radical (unpaired) electrons. The predicted octanol–water partition coefficient (Wildman–Crippen LogP) is 7.40. The summed E-state index contributed by atoms with van der Waals surface area (Å²) in [4.78, 5) is 30.9. The number of nitrogens with zero attached hydrogens (tertiary/aromatic N) is 2. The summed E-state index contributed by atoms with van der Waals surface area (Å²) in [7, 11) is 1.46. The molecule has 41 heavy (non-hydrogen) atoms. The van der Waals surface area contributed by atoms with Crippen molar-refractivity contribution in [2.24, 2.45) is 11.3 Å². The molecule has 9 heteroatoms. The Balaban J connectivity index is 1.69. The number of hydrogen-bond donors (Lipinski definition) is 1. The van der Waals surface area contributed by atoms with E-state index in [-0.39, 0.29) is 34.9 Å². The van der Waals surface area contributed by atoms with E-state index in [0.717, 1.165) is 18.9 Å². The first-order chi connectivity index (χ1) is 19.6. The van der Waals surface area contributed by atoms with Gasteiger partial charge in [-0.25, -0.2) is 18.2 Å². The predicted molar refractivity (Wildman–Crippen MR) is 148 cm³/mol. The highest BCUT2D eigenvalue weighted by atomic mass is 19.2. The van der Waals surface area contributed by atoms with E-state index in [1.54, 1.807) is 13.0 Å². The Bertz CT molecular complexity index is 1720. The zero-order valence-corrected chi connectivity index (χ0v) is 22.9. The number of rotatable bonds is 9. The third-order valence-corrected chi connectivity index (χ3v) is 7.71. The smallest absolute Gasteiger partial charge is 0.255 e. The molecule has 5 rings (SSSR count). The lowest BCUT2D eigenvalue weighted by Crippen LogP contribution is -2.22. The van der Waals surface area contributed by atoms with Crippen LogP contribution in [0, 0.1) is 40.1 Å². The first kappa shape index (κ1) is 28.1. The van der Waals surface area contributed by atoms with Crippen LogP contribution in [0.1, 0.15) is 65.9 Å². The van der Waals surface area contributed by atoms with Crippen LogP contribution in [0.5, 0.6) is 0 Å². The number of Topliss-reactive ketones (excluding diaryl/α,β-unsaturated/α-hetero) is 1. The van der Waals surface area contributed by atoms with Crippen LogP contribution in [-0.2, 0) is 6.42 Å². The largest absolute Gasteiger partial charge is 0.437 e. The second-order valence-corrected chi connectivity index (χ2v) is 10.7. The molecule has 0 aliphatic heterocycles. The number of hydrogen-bond acceptors (Lipinski definition) is 5. The Morgan fingerprint density at radius 1 is 1.12 bits per heavy atom. The Kier molecular flexibility index (Phi) is 7.43. The number of halogens is 3. The minimum absolute atomic E-state index is 0.0508. The highest BCUT2D eigenvalue weighted by molar-refractivity contribution is 6.11. The van der Waals surface area contributed by atoms with Crippen LogP contribution >= 0.6 is 0 Å². The molecule has 0 bridgehead atoms. The maximum Gasteiger partial charge on any atom is 0.255 e. The van der Waals surface area contributed by atoms with E-state index in [1.165, 1.54) is 37.4 Å². The lowest BCUT2D eigenvalue weighted by Gasteiger charge is -2.20. The minimum Gasteiger partial charge on any atom is -0.437 e. The second-order valence-electron chi connectivity index (χ2n) is 10.7. The number of aryl methyl sites for hydroxylation is 1. The van der Waals surface area contributed by atoms with Gasteiger partial charge in [-0.05, 0) is 80.1 Å². The van der Waals surface area contributed by atoms with Crippen LogP contribution in [0.15, 0.2) is 46.9 Å². The van der Waals surface area contributed by atoms with E-state index in [0.29, 0.717) is 35.0 Å². The van der Waals surface area contributed by atoms with Crippen LogP contribution in [0.25, 0.3) is 33.6 Å². The molecular weight excluding hydrogens is 531 g/mol. The lowest BCUT2D eigenvalue weighted by atomic mass is 9.80. The molecule has 0 saturated heterocycles. The van der Waals surface area contributed by atoms with Gasteiger partial charge in [0, 0.05) is 24.6 Å². The van der Waals surface area contributed by atoms with Crippen molar-refractivity contribution < 1.29 is 27.2 Å². The molecule has 1 aliphatic rings. The van der Waals surface area contributed by atoms with Gasteiger partial charge in [-0.1, -0.05) is 13.3 Å². The van der Waals surface area contributed by atoms with Crippen molar-refractivity contribution in [3.05, 3.63) is 76.7 Å². The van der Waals surface area contributed by atoms with Gasteiger partial charge in [0.15, 0.2) is 17.4 Å². The normalized spacial score (nSPS) is 14.5. The SMILES string of the molecule is CCCc1nc2oc(-c3ccc(F)cc3)c(C(=O)NC)c2cc1-c1cc(F)c(F)c(C(=O)CC(C)(C#N)C2CC2)c1. The van der Waals surface area contributed by atoms with Crippen molar-refractivity contribution in [3.63, 3.8) is 0 Å². The van der Waals surface area contributed by atoms with Crippen LogP contribution in [0.3, 0.4) is 0 Å². The highest BCUT2D eigenvalue weighted by Crippen LogP contribution is 2.48. The lowest BCUT2D eigenvalue weighted by molar-refractivity contribution is 0.0930. The van der Waals surface area contributed by atoms with Crippen molar-refractivity contribution in [2.45, 2.75) is 46.0 Å². The van der Waals surface area contributed by atoms with Crippen molar-refractivity contribution in [3.8, 4) is 28.5 Å². The maximum atomic E-state index is 15.0. The summed E-state index contributed by atoms with van der Waals surface area (Å²) in [6.45, 7) is 3.61. The van der Waals surface area contributed by atoms with Crippen LogP contribution in [0.4, 0.5) is 13.2 Å². The van der Waals surface area contributed by atoms with Gasteiger partial charge in [0.25, 0.3) is 5.91 Å². The fourth-order valence-corrected chi connectivity index (χ4v) is 5.26. The van der Waals surface area contributed by atoms with E-state index >= 15 is 0 Å². The summed E-state index contributed by atoms with van der Waals surface area (Å²) in [5, 5.41) is 12.6. The fraction of sp³-hybridized carbons (Fsp3) is 0.312. The topological polar surface area (TPSA) is 96.0 Å². The number of carbonyl (C=O) groups excluding carboxylic acids is 2. The van der Waals surface area contributed by atoms with Crippen molar-refractivity contribution in [2.75, 3.05) is 7.05 Å². The van der Waals surface area contributed by atoms with E-state index in [1.807, 2.05) is 6.92 Å². The van der Waals surface area contributed by atoms with E-state index < -0.39 is 40.1 Å². The van der Waals surface area contributed by atoms with Crippen LogP contribution < -0.4 is 5.32 Å². The monoisotopic (exact) mass is 559 g/mol. The summed E-state index contributed by atoms with van der Waals surface area (Å²) in [6.07, 6.45) is 2.52. The molecule has 6 nitrogen and oxygen atoms in total. The molecule has 1 N–H and O–H groups in total. The second kappa shape index (κ2) is 10.8. The van der Waals surface area contributed by atoms with Crippen molar-refractivity contribution in [1.82, 2.24) is 10.3 Å². The number of fused-ring (bicyclic) bond motifs is 1. The molecule has 210 valence electrons. The first-order valence-electron chi connectivity index (χ1n) is 13.5. The third-order valence-electron chi connectivity index (χ3n) is 7.71. The number of nitrogens with one attached hydrogen (secondary N) is 1. The van der Waals surface area contributed by atoms with Gasteiger partial charge in [-0.3, -0.25) is 9.59 Å². The molecule has 1 unspecified atom stereocenters. The van der Waals surface area contributed by atoms with Gasteiger partial charge >= 0.3 is 0 Å².